The average Bonchev–Trinajstić information content (AvgIpc) is 3.03. The number of aromatic hydroxyl groups is 1. The van der Waals surface area contributed by atoms with E-state index in [4.69, 9.17) is 4.74 Å². The fourth-order valence-electron chi connectivity index (χ4n) is 6.62. The van der Waals surface area contributed by atoms with Crippen molar-refractivity contribution in [2.75, 3.05) is 20.1 Å². The number of nitrogens with zero attached hydrogens (tertiary/aromatic N) is 1. The highest BCUT2D eigenvalue weighted by Gasteiger charge is 2.36. The maximum atomic E-state index is 14.0. The first-order chi connectivity index (χ1) is 20.8. The van der Waals surface area contributed by atoms with E-state index in [1.165, 1.54) is 16.9 Å². The Morgan fingerprint density at radius 1 is 0.907 bits per heavy atom. The van der Waals surface area contributed by atoms with Gasteiger partial charge in [0.2, 0.25) is 17.7 Å². The smallest absolute Gasteiger partial charge is 0.243 e. The summed E-state index contributed by atoms with van der Waals surface area (Å²) in [5, 5.41) is 19.2. The highest BCUT2D eigenvalue weighted by molar-refractivity contribution is 5.93. The zero-order valence-corrected chi connectivity index (χ0v) is 25.4. The standard InChI is InChI=1S/C34H46N4O5/c1-22-32(40)37-29(20-23-13-16-27(39)17-14-23)33(41)35-19-7-12-25-10-6-11-26-15-18-28(43-31(25)26)21-36-30(34(42)38(22)2)24-8-4-3-5-9-24/h6,10-11,13-14,16-17,22,24,28-30,36,39H,3-5,7-9,12,15,18-21H2,1-2H3,(H,35,41)(H,37,40)/t22-,28-,29-,30+/m1/s1. The minimum atomic E-state index is -0.831. The molecule has 4 atom stereocenters. The van der Waals surface area contributed by atoms with Gasteiger partial charge >= 0.3 is 0 Å². The monoisotopic (exact) mass is 590 g/mol. The van der Waals surface area contributed by atoms with Gasteiger partial charge in [0.15, 0.2) is 0 Å². The van der Waals surface area contributed by atoms with Gasteiger partial charge in [0.1, 0.15) is 29.7 Å². The van der Waals surface area contributed by atoms with E-state index in [1.54, 1.807) is 38.2 Å². The Bertz CT molecular complexity index is 1280. The topological polar surface area (TPSA) is 120 Å². The number of phenolic OH excluding ortho intramolecular Hbond substituents is 1. The van der Waals surface area contributed by atoms with Gasteiger partial charge in [-0.15, -0.1) is 0 Å². The van der Waals surface area contributed by atoms with Crippen LogP contribution in [0.3, 0.4) is 0 Å². The molecule has 0 radical (unpaired) electrons. The molecule has 0 spiro atoms. The summed E-state index contributed by atoms with van der Waals surface area (Å²) < 4.78 is 6.55. The first kappa shape index (κ1) is 30.9. The number of likely N-dealkylation sites (N-methyl/N-ethyl adjacent to an activating group) is 1. The molecule has 1 saturated carbocycles. The normalized spacial score (nSPS) is 26.5. The molecule has 2 aliphatic heterocycles. The Morgan fingerprint density at radius 3 is 2.37 bits per heavy atom. The number of phenols is 1. The van der Waals surface area contributed by atoms with Gasteiger partial charge in [0, 0.05) is 26.6 Å². The number of carbonyl (C=O) groups is 3. The van der Waals surface area contributed by atoms with Crippen LogP contribution in [0.1, 0.15) is 68.6 Å². The molecule has 1 aliphatic carbocycles. The van der Waals surface area contributed by atoms with E-state index in [1.807, 2.05) is 0 Å². The van der Waals surface area contributed by atoms with Crippen LogP contribution in [0.2, 0.25) is 0 Å². The minimum absolute atomic E-state index is 0.0437. The van der Waals surface area contributed by atoms with Gasteiger partial charge in [-0.1, -0.05) is 49.6 Å². The zero-order valence-electron chi connectivity index (χ0n) is 25.4. The molecule has 3 amide bonds. The molecule has 2 heterocycles. The quantitative estimate of drug-likeness (QED) is 0.436. The van der Waals surface area contributed by atoms with Crippen molar-refractivity contribution in [1.82, 2.24) is 20.9 Å². The number of ether oxygens (including phenoxy) is 1. The number of nitrogens with one attached hydrogen (secondary N) is 3. The number of fused-ring (bicyclic) bond motifs is 1. The molecule has 9 nitrogen and oxygen atoms in total. The van der Waals surface area contributed by atoms with E-state index in [-0.39, 0.29) is 41.9 Å². The Kier molecular flexibility index (Phi) is 10.2. The van der Waals surface area contributed by atoms with Crippen LogP contribution in [0.25, 0.3) is 0 Å². The van der Waals surface area contributed by atoms with Crippen molar-refractivity contribution < 1.29 is 24.2 Å². The van der Waals surface area contributed by atoms with Gasteiger partial charge in [-0.2, -0.15) is 0 Å². The van der Waals surface area contributed by atoms with E-state index < -0.39 is 18.1 Å². The summed E-state index contributed by atoms with van der Waals surface area (Å²) in [5.74, 6) is 0.510. The number of hydrogen-bond donors (Lipinski definition) is 4. The van der Waals surface area contributed by atoms with Gasteiger partial charge in [-0.05, 0) is 80.2 Å². The number of hydrogen-bond acceptors (Lipinski definition) is 6. The van der Waals surface area contributed by atoms with Crippen LogP contribution in [0.4, 0.5) is 0 Å². The van der Waals surface area contributed by atoms with E-state index in [0.29, 0.717) is 13.1 Å². The molecule has 0 unspecified atom stereocenters. The average molecular weight is 591 g/mol. The highest BCUT2D eigenvalue weighted by atomic mass is 16.5. The van der Waals surface area contributed by atoms with E-state index in [9.17, 15) is 19.5 Å². The third-order valence-corrected chi connectivity index (χ3v) is 9.39. The van der Waals surface area contributed by atoms with E-state index in [0.717, 1.165) is 68.2 Å². The predicted molar refractivity (Wildman–Crippen MR) is 165 cm³/mol. The van der Waals surface area contributed by atoms with E-state index in [2.05, 4.69) is 34.1 Å². The van der Waals surface area contributed by atoms with Crippen molar-refractivity contribution in [3.63, 3.8) is 0 Å². The summed E-state index contributed by atoms with van der Waals surface area (Å²) in [5.41, 5.74) is 3.14. The van der Waals surface area contributed by atoms with Gasteiger partial charge in [0.05, 0.1) is 6.04 Å². The molecule has 0 saturated heterocycles. The Hall–Kier alpha value is -3.59. The number of para-hydroxylation sites is 1. The number of rotatable bonds is 3. The molecule has 43 heavy (non-hydrogen) atoms. The second-order valence-electron chi connectivity index (χ2n) is 12.4. The molecule has 4 N–H and O–H groups in total. The lowest BCUT2D eigenvalue weighted by molar-refractivity contribution is -0.142. The fourth-order valence-corrected chi connectivity index (χ4v) is 6.62. The summed E-state index contributed by atoms with van der Waals surface area (Å²) in [6.07, 6.45) is 8.83. The van der Waals surface area contributed by atoms with Crippen LogP contribution < -0.4 is 20.7 Å². The molecule has 9 heteroatoms. The summed E-state index contributed by atoms with van der Waals surface area (Å²) >= 11 is 0. The molecule has 3 aliphatic rings. The Balaban J connectivity index is 1.41. The maximum absolute atomic E-state index is 14.0. The molecule has 2 bridgehead atoms. The molecular formula is C34H46N4O5. The van der Waals surface area contributed by atoms with Crippen molar-refractivity contribution >= 4 is 17.7 Å². The lowest BCUT2D eigenvalue weighted by Crippen LogP contribution is -2.58. The van der Waals surface area contributed by atoms with Crippen molar-refractivity contribution in [1.29, 1.82) is 0 Å². The zero-order chi connectivity index (χ0) is 30.3. The second-order valence-corrected chi connectivity index (χ2v) is 12.4. The summed E-state index contributed by atoms with van der Waals surface area (Å²) in [7, 11) is 1.68. The second kappa shape index (κ2) is 14.3. The lowest BCUT2D eigenvalue weighted by Gasteiger charge is -2.36. The summed E-state index contributed by atoms with van der Waals surface area (Å²) in [6.45, 7) is 2.73. The molecule has 0 aromatic heterocycles. The third-order valence-electron chi connectivity index (χ3n) is 9.39. The van der Waals surface area contributed by atoms with Crippen molar-refractivity contribution in [2.45, 2.75) is 95.4 Å². The SMILES string of the molecule is C[C@@H]1C(=O)N[C@H](Cc2ccc(O)cc2)C(=O)NCCCc2cccc3c2O[C@H](CC3)CN[C@@H](C2CCCCC2)C(=O)N1C. The molecule has 1 fully saturated rings. The fraction of sp³-hybridized carbons (Fsp3) is 0.559. The lowest BCUT2D eigenvalue weighted by atomic mass is 9.83. The van der Waals surface area contributed by atoms with Crippen LogP contribution in [0, 0.1) is 5.92 Å². The number of benzene rings is 2. The summed E-state index contributed by atoms with van der Waals surface area (Å²) in [4.78, 5) is 42.5. The highest BCUT2D eigenvalue weighted by Crippen LogP contribution is 2.33. The van der Waals surface area contributed by atoms with Crippen LogP contribution in [-0.2, 0) is 33.6 Å². The predicted octanol–water partition coefficient (Wildman–Crippen LogP) is 3.26. The van der Waals surface area contributed by atoms with Crippen molar-refractivity contribution in [3.05, 3.63) is 59.2 Å². The van der Waals surface area contributed by atoms with Gasteiger partial charge < -0.3 is 30.7 Å². The van der Waals surface area contributed by atoms with Gasteiger partial charge in [-0.3, -0.25) is 14.4 Å². The van der Waals surface area contributed by atoms with Crippen LogP contribution in [-0.4, -0.2) is 72.1 Å². The van der Waals surface area contributed by atoms with Crippen LogP contribution in [0.15, 0.2) is 42.5 Å². The maximum Gasteiger partial charge on any atom is 0.243 e. The summed E-state index contributed by atoms with van der Waals surface area (Å²) in [6, 6.07) is 10.9. The van der Waals surface area contributed by atoms with Gasteiger partial charge in [0.25, 0.3) is 0 Å². The van der Waals surface area contributed by atoms with E-state index >= 15 is 0 Å². The number of carbonyl (C=O) groups excluding carboxylic acids is 3. The molecular weight excluding hydrogens is 544 g/mol. The molecule has 2 aromatic carbocycles. The third kappa shape index (κ3) is 7.68. The Morgan fingerprint density at radius 2 is 1.63 bits per heavy atom. The number of amides is 3. The van der Waals surface area contributed by atoms with Crippen molar-refractivity contribution in [3.8, 4) is 11.5 Å². The van der Waals surface area contributed by atoms with Gasteiger partial charge in [-0.25, -0.2) is 0 Å². The molecule has 5 rings (SSSR count). The van der Waals surface area contributed by atoms with Crippen LogP contribution >= 0.6 is 0 Å². The molecule has 232 valence electrons. The first-order valence-corrected chi connectivity index (χ1v) is 15.9. The minimum Gasteiger partial charge on any atom is -0.508 e. The molecule has 2 aromatic rings. The Labute approximate surface area is 254 Å². The number of aryl methyl sites for hydroxylation is 2. The van der Waals surface area contributed by atoms with Crippen molar-refractivity contribution in [2.24, 2.45) is 5.92 Å². The van der Waals surface area contributed by atoms with Crippen LogP contribution in [0.5, 0.6) is 11.5 Å². The largest absolute Gasteiger partial charge is 0.508 e. The first-order valence-electron chi connectivity index (χ1n) is 15.9.